The highest BCUT2D eigenvalue weighted by atomic mass is 16.5. The number of ketones is 4. The summed E-state index contributed by atoms with van der Waals surface area (Å²) in [5.41, 5.74) is 11.1. The maximum Gasteiger partial charge on any atom is 0.356 e. The predicted molar refractivity (Wildman–Crippen MR) is 376 cm³/mol. The highest BCUT2D eigenvalue weighted by Crippen LogP contribution is 2.35. The monoisotopic (exact) mass is 1300 g/mol. The van der Waals surface area contributed by atoms with Crippen molar-refractivity contribution >= 4 is 78.7 Å². The van der Waals surface area contributed by atoms with Crippen molar-refractivity contribution in [2.75, 3.05) is 42.7 Å². The fraction of sp³-hybridized carbons (Fsp3) is 0.475. The van der Waals surface area contributed by atoms with Crippen LogP contribution in [-0.2, 0) is 54.1 Å². The zero-order chi connectivity index (χ0) is 68.4. The Balaban J connectivity index is 0.000000151. The highest BCUT2D eigenvalue weighted by Gasteiger charge is 2.31. The largest absolute Gasteiger partial charge is 0.464 e. The lowest BCUT2D eigenvalue weighted by Gasteiger charge is -2.26. The normalized spacial score (nSPS) is 20.9. The van der Waals surface area contributed by atoms with Gasteiger partial charge in [-0.3, -0.25) is 29.1 Å². The number of hydrogen-bond donors (Lipinski definition) is 0. The maximum absolute atomic E-state index is 12.9. The average Bonchev–Trinajstić information content (AvgIpc) is 0.818. The van der Waals surface area contributed by atoms with Gasteiger partial charge < -0.3 is 28.4 Å². The Bertz CT molecular complexity index is 3760. The molecule has 4 heterocycles. The molecule has 16 nitrogen and oxygen atoms in total. The van der Waals surface area contributed by atoms with Crippen molar-refractivity contribution in [3.05, 3.63) is 165 Å². The zero-order valence-corrected chi connectivity index (χ0v) is 57.8. The predicted octanol–water partition coefficient (Wildman–Crippen LogP) is 16.3. The Labute approximate surface area is 565 Å². The SMILES string of the molecule is CCc1cc2cc(C(=O)C3CCC(OC)CC3)ccc2nc1C(=O)OC.CCc1cc2cc(C(=O)C3CCC(OC)CC3)ccc2nc1C(=O)OC.CCc1cnc2ccc(C(=O)C3CCC(OC)CC3)cc2c1.CCc1cnc2ccc(C(=O)C3CCC(OC)CC3)cc2c1. The lowest BCUT2D eigenvalue weighted by molar-refractivity contribution is 0.0515. The van der Waals surface area contributed by atoms with Crippen molar-refractivity contribution in [1.82, 2.24) is 19.9 Å². The molecule has 0 radical (unpaired) electrons. The number of fused-ring (bicyclic) bond motifs is 4. The standard InChI is InChI=1S/2C21H25NO4.2C19H23NO2/c2*1-4-13-11-16-12-15(7-10-18(16)22-19(13)21(24)26-3)20(23)14-5-8-17(25-2)9-6-14;2*1-3-13-10-16-11-15(6-9-18(16)20-12-13)19(21)14-4-7-17(22-2)8-5-14/h2*7,10-12,14,17H,4-6,8-9H2,1-3H3;2*6,9-12,14,17H,3-5,7-8H2,1-2H3. The number of ether oxygens (including phenoxy) is 6. The van der Waals surface area contributed by atoms with E-state index < -0.39 is 11.9 Å². The number of methoxy groups -OCH3 is 6. The zero-order valence-electron chi connectivity index (χ0n) is 57.8. The van der Waals surface area contributed by atoms with Crippen molar-refractivity contribution in [1.29, 1.82) is 0 Å². The number of hydrogen-bond acceptors (Lipinski definition) is 16. The van der Waals surface area contributed by atoms with Crippen molar-refractivity contribution in [3.63, 3.8) is 0 Å². The van der Waals surface area contributed by atoms with Crippen LogP contribution in [0.1, 0.15) is 215 Å². The first-order valence-corrected chi connectivity index (χ1v) is 34.7. The number of nitrogens with zero attached hydrogens (tertiary/aromatic N) is 4. The first-order chi connectivity index (χ1) is 46.5. The van der Waals surface area contributed by atoms with Crippen LogP contribution in [0.25, 0.3) is 43.6 Å². The molecule has 0 aliphatic heterocycles. The van der Waals surface area contributed by atoms with E-state index in [-0.39, 0.29) is 59.0 Å². The second-order valence-electron chi connectivity index (χ2n) is 26.0. The lowest BCUT2D eigenvalue weighted by atomic mass is 9.82. The number of pyridine rings is 4. The molecule has 0 spiro atoms. The minimum atomic E-state index is -0.432. The molecular formula is C80H96N4O12. The van der Waals surface area contributed by atoms with Crippen LogP contribution in [0.2, 0.25) is 0 Å². The number of benzene rings is 4. The Morgan fingerprint density at radius 3 is 0.833 bits per heavy atom. The molecule has 4 aromatic carbocycles. The molecule has 0 atom stereocenters. The summed E-state index contributed by atoms with van der Waals surface area (Å²) >= 11 is 0. The van der Waals surface area contributed by atoms with Gasteiger partial charge in [0.1, 0.15) is 0 Å². The molecule has 0 N–H and O–H groups in total. The second kappa shape index (κ2) is 34.8. The third kappa shape index (κ3) is 18.0. The number of carbonyl (C=O) groups excluding carboxylic acids is 6. The minimum absolute atomic E-state index is 0.0618. The van der Waals surface area contributed by atoms with E-state index in [2.05, 4.69) is 45.9 Å². The molecule has 0 saturated heterocycles. The van der Waals surface area contributed by atoms with Gasteiger partial charge in [0.15, 0.2) is 34.5 Å². The number of rotatable bonds is 18. The summed E-state index contributed by atoms with van der Waals surface area (Å²) in [5, 5.41) is 3.89. The molecule has 4 aliphatic carbocycles. The van der Waals surface area contributed by atoms with E-state index in [1.165, 1.54) is 25.3 Å². The summed E-state index contributed by atoms with van der Waals surface area (Å²) < 4.78 is 31.2. The summed E-state index contributed by atoms with van der Waals surface area (Å²) in [6.45, 7) is 8.18. The summed E-state index contributed by atoms with van der Waals surface area (Å²) in [6, 6.07) is 31.0. The van der Waals surface area contributed by atoms with Gasteiger partial charge in [-0.15, -0.1) is 0 Å². The molecule has 0 amide bonds. The van der Waals surface area contributed by atoms with E-state index in [1.54, 1.807) is 28.4 Å². The summed E-state index contributed by atoms with van der Waals surface area (Å²) in [7, 11) is 9.69. The van der Waals surface area contributed by atoms with Crippen molar-refractivity contribution in [2.45, 2.75) is 181 Å². The summed E-state index contributed by atoms with van der Waals surface area (Å²) in [6.07, 6.45) is 23.2. The first kappa shape index (κ1) is 72.3. The molecule has 4 saturated carbocycles. The van der Waals surface area contributed by atoms with Crippen LogP contribution >= 0.6 is 0 Å². The topological polar surface area (TPSA) is 209 Å². The van der Waals surface area contributed by atoms with Crippen LogP contribution in [0.4, 0.5) is 0 Å². The number of carbonyl (C=O) groups is 6. The van der Waals surface area contributed by atoms with Crippen molar-refractivity contribution < 1.29 is 57.2 Å². The molecule has 96 heavy (non-hydrogen) atoms. The fourth-order valence-electron chi connectivity index (χ4n) is 14.1. The Hall–Kier alpha value is -8.02. The second-order valence-corrected chi connectivity index (χ2v) is 26.0. The number of esters is 2. The first-order valence-electron chi connectivity index (χ1n) is 34.7. The van der Waals surface area contributed by atoms with Crippen LogP contribution in [0.15, 0.2) is 109 Å². The van der Waals surface area contributed by atoms with Gasteiger partial charge in [-0.1, -0.05) is 27.7 Å². The average molecular weight is 1310 g/mol. The molecule has 4 fully saturated rings. The van der Waals surface area contributed by atoms with Crippen LogP contribution < -0.4 is 0 Å². The Morgan fingerprint density at radius 2 is 0.594 bits per heavy atom. The smallest absolute Gasteiger partial charge is 0.356 e. The fourth-order valence-corrected chi connectivity index (χ4v) is 14.1. The molecule has 508 valence electrons. The van der Waals surface area contributed by atoms with E-state index in [1.807, 2.05) is 111 Å². The third-order valence-corrected chi connectivity index (χ3v) is 20.3. The Kier molecular flexibility index (Phi) is 26.2. The summed E-state index contributed by atoms with van der Waals surface area (Å²) in [4.78, 5) is 92.9. The van der Waals surface area contributed by atoms with Crippen LogP contribution in [0, 0.1) is 23.7 Å². The van der Waals surface area contributed by atoms with Crippen molar-refractivity contribution in [3.8, 4) is 0 Å². The highest BCUT2D eigenvalue weighted by molar-refractivity contribution is 6.04. The van der Waals surface area contributed by atoms with Gasteiger partial charge in [-0.05, 0) is 248 Å². The van der Waals surface area contributed by atoms with Crippen molar-refractivity contribution in [2.24, 2.45) is 23.7 Å². The molecule has 4 aromatic heterocycles. The molecule has 0 unspecified atom stereocenters. The number of aryl methyl sites for hydroxylation is 4. The van der Waals surface area contributed by atoms with E-state index in [9.17, 15) is 28.8 Å². The van der Waals surface area contributed by atoms with Gasteiger partial charge in [0.25, 0.3) is 0 Å². The third-order valence-electron chi connectivity index (χ3n) is 20.3. The summed E-state index contributed by atoms with van der Waals surface area (Å²) in [5.74, 6) is 0.485. The molecule has 0 bridgehead atoms. The quantitative estimate of drug-likeness (QED) is 0.0578. The van der Waals surface area contributed by atoms with Crippen LogP contribution in [0.5, 0.6) is 0 Å². The van der Waals surface area contributed by atoms with Gasteiger partial charge in [-0.25, -0.2) is 19.6 Å². The maximum atomic E-state index is 12.9. The van der Waals surface area contributed by atoms with E-state index in [0.29, 0.717) is 58.6 Å². The number of Topliss-reactive ketones (excluding diaryl/α,β-unsaturated/α-hetero) is 4. The van der Waals surface area contributed by atoms with Gasteiger partial charge in [0.05, 0.1) is 60.7 Å². The van der Waals surface area contributed by atoms with Crippen LogP contribution in [-0.4, -0.2) is 122 Å². The Morgan fingerprint density at radius 1 is 0.333 bits per heavy atom. The van der Waals surface area contributed by atoms with Gasteiger partial charge >= 0.3 is 11.9 Å². The van der Waals surface area contributed by atoms with Gasteiger partial charge in [0.2, 0.25) is 0 Å². The lowest BCUT2D eigenvalue weighted by Crippen LogP contribution is -2.25. The van der Waals surface area contributed by atoms with E-state index >= 15 is 0 Å². The molecule has 4 aliphatic rings. The number of aromatic nitrogens is 4. The van der Waals surface area contributed by atoms with E-state index in [0.717, 1.165) is 170 Å². The molecule has 8 aromatic rings. The minimum Gasteiger partial charge on any atom is -0.464 e. The van der Waals surface area contributed by atoms with Gasteiger partial charge in [0, 0.05) is 108 Å². The van der Waals surface area contributed by atoms with E-state index in [4.69, 9.17) is 28.4 Å². The molecule has 12 rings (SSSR count). The molecular weight excluding hydrogens is 1210 g/mol. The van der Waals surface area contributed by atoms with Crippen LogP contribution in [0.3, 0.4) is 0 Å². The van der Waals surface area contributed by atoms with Gasteiger partial charge in [-0.2, -0.15) is 0 Å². The molecule has 16 heteroatoms.